The molecule has 1 heterocycles. The van der Waals surface area contributed by atoms with E-state index in [2.05, 4.69) is 35.6 Å². The van der Waals surface area contributed by atoms with Crippen LogP contribution in [0.15, 0.2) is 84.2 Å². The van der Waals surface area contributed by atoms with E-state index in [1.165, 1.54) is 22.3 Å². The molecule has 4 heteroatoms. The number of fused-ring (bicyclic) bond motifs is 1. The zero-order valence-electron chi connectivity index (χ0n) is 15.4. The van der Waals surface area contributed by atoms with Gasteiger partial charge in [0.05, 0.1) is 4.88 Å². The third-order valence-corrected chi connectivity index (χ3v) is 5.52. The number of hydrogen-bond donors (Lipinski definition) is 1. The summed E-state index contributed by atoms with van der Waals surface area (Å²) < 4.78 is 5.91. The molecule has 1 N–H and O–H groups in total. The van der Waals surface area contributed by atoms with Crippen molar-refractivity contribution >= 4 is 28.0 Å². The van der Waals surface area contributed by atoms with Crippen molar-refractivity contribution in [1.29, 1.82) is 0 Å². The summed E-state index contributed by atoms with van der Waals surface area (Å²) in [6.07, 6.45) is 0.829. The van der Waals surface area contributed by atoms with Gasteiger partial charge in [-0.25, -0.2) is 0 Å². The summed E-state index contributed by atoms with van der Waals surface area (Å²) in [7, 11) is 0. The lowest BCUT2D eigenvalue weighted by Gasteiger charge is -2.06. The largest absolute Gasteiger partial charge is 0.489 e. The first-order valence-electron chi connectivity index (χ1n) is 9.29. The van der Waals surface area contributed by atoms with Crippen LogP contribution in [-0.2, 0) is 13.0 Å². The number of amides is 1. The van der Waals surface area contributed by atoms with Gasteiger partial charge in [0.25, 0.3) is 5.91 Å². The zero-order chi connectivity index (χ0) is 19.2. The van der Waals surface area contributed by atoms with E-state index in [1.807, 2.05) is 53.9 Å². The second-order valence-corrected chi connectivity index (χ2v) is 7.52. The lowest BCUT2D eigenvalue weighted by molar-refractivity contribution is 0.0958. The van der Waals surface area contributed by atoms with Crippen molar-refractivity contribution in [3.8, 4) is 5.75 Å². The van der Waals surface area contributed by atoms with Gasteiger partial charge in [-0.15, -0.1) is 11.3 Å². The SMILES string of the molecule is O=C(NCCc1ccccc1)c1cc(COc2ccc3ccccc3c2)cs1. The molecule has 0 spiro atoms. The molecule has 4 aromatic rings. The van der Waals surface area contributed by atoms with Crippen LogP contribution in [0.3, 0.4) is 0 Å². The van der Waals surface area contributed by atoms with Gasteiger partial charge in [0.1, 0.15) is 12.4 Å². The number of rotatable bonds is 7. The maximum Gasteiger partial charge on any atom is 0.261 e. The molecule has 0 aliphatic heterocycles. The van der Waals surface area contributed by atoms with Gasteiger partial charge >= 0.3 is 0 Å². The summed E-state index contributed by atoms with van der Waals surface area (Å²) in [4.78, 5) is 13.0. The Bertz CT molecular complexity index is 1070. The summed E-state index contributed by atoms with van der Waals surface area (Å²) in [5, 5.41) is 7.32. The molecule has 0 aliphatic rings. The van der Waals surface area contributed by atoms with Gasteiger partial charge in [0, 0.05) is 12.1 Å². The molecule has 0 saturated heterocycles. The molecule has 3 nitrogen and oxygen atoms in total. The van der Waals surface area contributed by atoms with E-state index >= 15 is 0 Å². The normalized spacial score (nSPS) is 10.7. The minimum absolute atomic E-state index is 0.0297. The van der Waals surface area contributed by atoms with Gasteiger partial charge in [-0.2, -0.15) is 0 Å². The van der Waals surface area contributed by atoms with Gasteiger partial charge in [0.15, 0.2) is 0 Å². The van der Waals surface area contributed by atoms with Gasteiger partial charge in [-0.05, 0) is 46.3 Å². The molecule has 0 fully saturated rings. The molecule has 0 saturated carbocycles. The van der Waals surface area contributed by atoms with Crippen molar-refractivity contribution in [2.24, 2.45) is 0 Å². The van der Waals surface area contributed by atoms with Crippen molar-refractivity contribution in [1.82, 2.24) is 5.32 Å². The van der Waals surface area contributed by atoms with E-state index in [0.29, 0.717) is 18.0 Å². The first-order valence-corrected chi connectivity index (χ1v) is 10.2. The number of carbonyl (C=O) groups excluding carboxylic acids is 1. The first-order chi connectivity index (χ1) is 13.8. The molecule has 3 aromatic carbocycles. The van der Waals surface area contributed by atoms with Crippen LogP contribution in [-0.4, -0.2) is 12.5 Å². The van der Waals surface area contributed by atoms with Crippen LogP contribution in [0.2, 0.25) is 0 Å². The van der Waals surface area contributed by atoms with Gasteiger partial charge in [-0.1, -0.05) is 60.7 Å². The molecule has 0 aliphatic carbocycles. The second kappa shape index (κ2) is 8.72. The maximum atomic E-state index is 12.3. The highest BCUT2D eigenvalue weighted by Gasteiger charge is 2.09. The Morgan fingerprint density at radius 1 is 0.857 bits per heavy atom. The Hall–Kier alpha value is -3.11. The summed E-state index contributed by atoms with van der Waals surface area (Å²) in [6, 6.07) is 26.3. The van der Waals surface area contributed by atoms with E-state index in [0.717, 1.165) is 23.1 Å². The van der Waals surface area contributed by atoms with Crippen molar-refractivity contribution in [3.05, 3.63) is 100 Å². The number of thiophene rings is 1. The molecule has 0 unspecified atom stereocenters. The Morgan fingerprint density at radius 2 is 1.64 bits per heavy atom. The topological polar surface area (TPSA) is 38.3 Å². The quantitative estimate of drug-likeness (QED) is 0.458. The van der Waals surface area contributed by atoms with Crippen molar-refractivity contribution in [2.45, 2.75) is 13.0 Å². The van der Waals surface area contributed by atoms with Crippen molar-refractivity contribution < 1.29 is 9.53 Å². The lowest BCUT2D eigenvalue weighted by Crippen LogP contribution is -2.24. The average molecular weight is 388 g/mol. The van der Waals surface area contributed by atoms with Crippen molar-refractivity contribution in [2.75, 3.05) is 6.54 Å². The highest BCUT2D eigenvalue weighted by molar-refractivity contribution is 7.12. The molecule has 140 valence electrons. The number of benzene rings is 3. The van der Waals surface area contributed by atoms with E-state index in [-0.39, 0.29) is 5.91 Å². The third-order valence-electron chi connectivity index (χ3n) is 4.55. The molecular formula is C24H21NO2S. The highest BCUT2D eigenvalue weighted by Crippen LogP contribution is 2.22. The van der Waals surface area contributed by atoms with Gasteiger partial charge in [-0.3, -0.25) is 4.79 Å². The molecule has 0 radical (unpaired) electrons. The smallest absolute Gasteiger partial charge is 0.261 e. The first kappa shape index (κ1) is 18.3. The summed E-state index contributed by atoms with van der Waals surface area (Å²) in [6.45, 7) is 1.08. The minimum Gasteiger partial charge on any atom is -0.489 e. The minimum atomic E-state index is -0.0297. The third kappa shape index (κ3) is 4.59. The Balaban J connectivity index is 1.30. The van der Waals surface area contributed by atoms with E-state index < -0.39 is 0 Å². The van der Waals surface area contributed by atoms with E-state index in [9.17, 15) is 4.79 Å². The predicted molar refractivity (Wildman–Crippen MR) is 115 cm³/mol. The van der Waals surface area contributed by atoms with Crippen LogP contribution in [0.25, 0.3) is 10.8 Å². The maximum absolute atomic E-state index is 12.3. The van der Waals surface area contributed by atoms with E-state index in [4.69, 9.17) is 4.74 Å². The molecule has 1 amide bonds. The summed E-state index contributed by atoms with van der Waals surface area (Å²) in [5.74, 6) is 0.802. The molecule has 0 bridgehead atoms. The fourth-order valence-corrected chi connectivity index (χ4v) is 3.86. The molecule has 28 heavy (non-hydrogen) atoms. The fraction of sp³-hybridized carbons (Fsp3) is 0.125. The van der Waals surface area contributed by atoms with Crippen LogP contribution in [0.5, 0.6) is 5.75 Å². The number of carbonyl (C=O) groups is 1. The number of nitrogens with one attached hydrogen (secondary N) is 1. The molecule has 4 rings (SSSR count). The zero-order valence-corrected chi connectivity index (χ0v) is 16.2. The second-order valence-electron chi connectivity index (χ2n) is 6.61. The summed E-state index contributed by atoms with van der Waals surface area (Å²) >= 11 is 1.45. The van der Waals surface area contributed by atoms with Crippen LogP contribution in [0, 0.1) is 0 Å². The van der Waals surface area contributed by atoms with Crippen LogP contribution < -0.4 is 10.1 Å². The molecule has 0 atom stereocenters. The van der Waals surface area contributed by atoms with Crippen LogP contribution in [0.1, 0.15) is 20.8 Å². The Labute approximate surface area is 168 Å². The predicted octanol–water partition coefficient (Wildman–Crippen LogP) is 5.45. The lowest BCUT2D eigenvalue weighted by atomic mass is 10.1. The van der Waals surface area contributed by atoms with Gasteiger partial charge in [0.2, 0.25) is 0 Å². The van der Waals surface area contributed by atoms with Crippen LogP contribution >= 0.6 is 11.3 Å². The Morgan fingerprint density at radius 3 is 2.50 bits per heavy atom. The molecular weight excluding hydrogens is 366 g/mol. The standard InChI is InChI=1S/C24H21NO2S/c26-24(25-13-12-18-6-2-1-3-7-18)23-14-19(17-28-23)16-27-22-11-10-20-8-4-5-9-21(20)15-22/h1-11,14-15,17H,12-13,16H2,(H,25,26). The van der Waals surface area contributed by atoms with E-state index in [1.54, 1.807) is 0 Å². The average Bonchev–Trinajstić information content (AvgIpc) is 3.22. The number of hydrogen-bond acceptors (Lipinski definition) is 3. The summed E-state index contributed by atoms with van der Waals surface area (Å²) in [5.41, 5.74) is 2.23. The number of ether oxygens (including phenoxy) is 1. The van der Waals surface area contributed by atoms with Crippen LogP contribution in [0.4, 0.5) is 0 Å². The molecule has 1 aromatic heterocycles. The Kier molecular flexibility index (Phi) is 5.69. The fourth-order valence-electron chi connectivity index (χ4n) is 3.05. The van der Waals surface area contributed by atoms with Gasteiger partial charge < -0.3 is 10.1 Å². The monoisotopic (exact) mass is 387 g/mol. The highest BCUT2D eigenvalue weighted by atomic mass is 32.1. The van der Waals surface area contributed by atoms with Crippen molar-refractivity contribution in [3.63, 3.8) is 0 Å².